The number of alkyl halides is 2. The van der Waals surface area contributed by atoms with Gasteiger partial charge in [-0.2, -0.15) is 8.78 Å². The number of carbonyl (C=O) groups is 2. The molecular formula is C8H12F2N2O2. The van der Waals surface area contributed by atoms with Gasteiger partial charge in [0.2, 0.25) is 5.91 Å². The van der Waals surface area contributed by atoms with Gasteiger partial charge in [-0.25, -0.2) is 0 Å². The molecule has 0 aromatic carbocycles. The molecule has 4 nitrogen and oxygen atoms in total. The highest BCUT2D eigenvalue weighted by Gasteiger charge is 2.29. The van der Waals surface area contributed by atoms with Crippen LogP contribution in [0.25, 0.3) is 0 Å². The van der Waals surface area contributed by atoms with E-state index in [4.69, 9.17) is 0 Å². The van der Waals surface area contributed by atoms with Crippen LogP contribution in [0.15, 0.2) is 0 Å². The highest BCUT2D eigenvalue weighted by atomic mass is 19.3. The molecular weight excluding hydrogens is 194 g/mol. The van der Waals surface area contributed by atoms with Crippen molar-refractivity contribution >= 4 is 11.8 Å². The molecule has 1 aliphatic carbocycles. The van der Waals surface area contributed by atoms with Gasteiger partial charge in [-0.1, -0.05) is 0 Å². The Labute approximate surface area is 80.0 Å². The summed E-state index contributed by atoms with van der Waals surface area (Å²) in [4.78, 5) is 21.4. The standard InChI is InChI=1S/C8H12F2N2O2/c9-6(10)8(14)12-4-3-11-7(13)5-1-2-5/h5-6H,1-4H2,(H,11,13)(H,12,14). The predicted molar refractivity (Wildman–Crippen MR) is 44.7 cm³/mol. The van der Waals surface area contributed by atoms with Crippen molar-refractivity contribution < 1.29 is 18.4 Å². The molecule has 0 aromatic heterocycles. The van der Waals surface area contributed by atoms with Crippen molar-refractivity contribution in [2.24, 2.45) is 5.92 Å². The Balaban J connectivity index is 1.98. The van der Waals surface area contributed by atoms with E-state index in [1.807, 2.05) is 5.32 Å². The van der Waals surface area contributed by atoms with Crippen LogP contribution in [0.3, 0.4) is 0 Å². The van der Waals surface area contributed by atoms with Crippen molar-refractivity contribution in [2.45, 2.75) is 19.3 Å². The van der Waals surface area contributed by atoms with Crippen molar-refractivity contribution in [1.29, 1.82) is 0 Å². The molecule has 0 spiro atoms. The van der Waals surface area contributed by atoms with Crippen LogP contribution >= 0.6 is 0 Å². The molecule has 0 atom stereocenters. The van der Waals surface area contributed by atoms with Gasteiger partial charge in [0.1, 0.15) is 0 Å². The number of hydrogen-bond donors (Lipinski definition) is 2. The third kappa shape index (κ3) is 3.68. The molecule has 0 heterocycles. The molecule has 0 aliphatic heterocycles. The molecule has 1 aliphatic rings. The fourth-order valence-electron chi connectivity index (χ4n) is 0.938. The molecule has 80 valence electrons. The Hall–Kier alpha value is -1.20. The first-order chi connectivity index (χ1) is 6.61. The summed E-state index contributed by atoms with van der Waals surface area (Å²) in [5.74, 6) is -1.26. The zero-order chi connectivity index (χ0) is 10.6. The summed E-state index contributed by atoms with van der Waals surface area (Å²) >= 11 is 0. The highest BCUT2D eigenvalue weighted by molar-refractivity contribution is 5.81. The summed E-state index contributed by atoms with van der Waals surface area (Å²) < 4.78 is 23.3. The summed E-state index contributed by atoms with van der Waals surface area (Å²) in [5.41, 5.74) is 0. The second kappa shape index (κ2) is 4.88. The molecule has 2 N–H and O–H groups in total. The van der Waals surface area contributed by atoms with E-state index in [2.05, 4.69) is 5.32 Å². The molecule has 6 heteroatoms. The Morgan fingerprint density at radius 2 is 1.79 bits per heavy atom. The number of carbonyl (C=O) groups excluding carboxylic acids is 2. The van der Waals surface area contributed by atoms with E-state index < -0.39 is 12.3 Å². The van der Waals surface area contributed by atoms with Gasteiger partial charge in [-0.15, -0.1) is 0 Å². The van der Waals surface area contributed by atoms with Gasteiger partial charge in [-0.3, -0.25) is 9.59 Å². The molecule has 0 bridgehead atoms. The Morgan fingerprint density at radius 1 is 1.21 bits per heavy atom. The molecule has 0 radical (unpaired) electrons. The fourth-order valence-corrected chi connectivity index (χ4v) is 0.938. The maximum absolute atomic E-state index is 11.7. The molecule has 1 rings (SSSR count). The monoisotopic (exact) mass is 206 g/mol. The van der Waals surface area contributed by atoms with E-state index in [0.29, 0.717) is 0 Å². The molecule has 0 unspecified atom stereocenters. The van der Waals surface area contributed by atoms with Crippen LogP contribution in [-0.4, -0.2) is 31.3 Å². The zero-order valence-electron chi connectivity index (χ0n) is 7.56. The largest absolute Gasteiger partial charge is 0.354 e. The number of halogens is 2. The summed E-state index contributed by atoms with van der Waals surface area (Å²) in [7, 11) is 0. The van der Waals surface area contributed by atoms with Gasteiger partial charge in [0.15, 0.2) is 0 Å². The van der Waals surface area contributed by atoms with E-state index >= 15 is 0 Å². The topological polar surface area (TPSA) is 58.2 Å². The minimum absolute atomic E-state index is 0.0433. The van der Waals surface area contributed by atoms with Crippen molar-refractivity contribution in [1.82, 2.24) is 10.6 Å². The number of amides is 2. The quantitative estimate of drug-likeness (QED) is 0.617. The van der Waals surface area contributed by atoms with Crippen LogP contribution in [0.2, 0.25) is 0 Å². The lowest BCUT2D eigenvalue weighted by Gasteiger charge is -2.05. The van der Waals surface area contributed by atoms with Crippen LogP contribution < -0.4 is 10.6 Å². The molecule has 14 heavy (non-hydrogen) atoms. The predicted octanol–water partition coefficient (Wildman–Crippen LogP) is -0.106. The summed E-state index contributed by atoms with van der Waals surface area (Å²) in [6.45, 7) is 0.245. The number of rotatable bonds is 5. The maximum atomic E-state index is 11.7. The Morgan fingerprint density at radius 3 is 2.29 bits per heavy atom. The van der Waals surface area contributed by atoms with Crippen molar-refractivity contribution in [3.05, 3.63) is 0 Å². The smallest absolute Gasteiger partial charge is 0.315 e. The fraction of sp³-hybridized carbons (Fsp3) is 0.750. The minimum Gasteiger partial charge on any atom is -0.354 e. The summed E-state index contributed by atoms with van der Waals surface area (Å²) in [6, 6.07) is 0. The van der Waals surface area contributed by atoms with Crippen LogP contribution in [0.1, 0.15) is 12.8 Å². The van der Waals surface area contributed by atoms with Crippen molar-refractivity contribution in [2.75, 3.05) is 13.1 Å². The van der Waals surface area contributed by atoms with Crippen LogP contribution in [0, 0.1) is 5.92 Å². The summed E-state index contributed by atoms with van der Waals surface area (Å²) in [5, 5.41) is 4.53. The maximum Gasteiger partial charge on any atom is 0.315 e. The molecule has 2 amide bonds. The van der Waals surface area contributed by atoms with Crippen LogP contribution in [0.5, 0.6) is 0 Å². The SMILES string of the molecule is O=C(NCCNC(=O)C1CC1)C(F)F. The zero-order valence-corrected chi connectivity index (χ0v) is 7.56. The number of hydrogen-bond acceptors (Lipinski definition) is 2. The van der Waals surface area contributed by atoms with Gasteiger partial charge in [0, 0.05) is 19.0 Å². The summed E-state index contributed by atoms with van der Waals surface area (Å²) in [6.07, 6.45) is -1.20. The lowest BCUT2D eigenvalue weighted by atomic mass is 10.4. The van der Waals surface area contributed by atoms with E-state index in [9.17, 15) is 18.4 Å². The molecule has 0 saturated heterocycles. The van der Waals surface area contributed by atoms with Gasteiger partial charge in [-0.05, 0) is 12.8 Å². The van der Waals surface area contributed by atoms with E-state index in [1.54, 1.807) is 0 Å². The lowest BCUT2D eigenvalue weighted by Crippen LogP contribution is -2.37. The normalized spacial score (nSPS) is 15.4. The van der Waals surface area contributed by atoms with Crippen molar-refractivity contribution in [3.63, 3.8) is 0 Å². The Kier molecular flexibility index (Phi) is 3.79. The average Bonchev–Trinajstić information content (AvgIpc) is 2.94. The first-order valence-corrected chi connectivity index (χ1v) is 4.45. The van der Waals surface area contributed by atoms with Gasteiger partial charge >= 0.3 is 6.43 Å². The third-order valence-corrected chi connectivity index (χ3v) is 1.87. The Bertz CT molecular complexity index is 213. The lowest BCUT2D eigenvalue weighted by molar-refractivity contribution is -0.131. The highest BCUT2D eigenvalue weighted by Crippen LogP contribution is 2.28. The second-order valence-corrected chi connectivity index (χ2v) is 3.16. The van der Waals surface area contributed by atoms with Gasteiger partial charge in [0.25, 0.3) is 5.91 Å². The molecule has 0 aromatic rings. The van der Waals surface area contributed by atoms with Crippen molar-refractivity contribution in [3.8, 4) is 0 Å². The first kappa shape index (κ1) is 10.9. The van der Waals surface area contributed by atoms with Crippen LogP contribution in [-0.2, 0) is 9.59 Å². The minimum atomic E-state index is -2.99. The average molecular weight is 206 g/mol. The van der Waals surface area contributed by atoms with E-state index in [1.165, 1.54) is 0 Å². The third-order valence-electron chi connectivity index (χ3n) is 1.87. The first-order valence-electron chi connectivity index (χ1n) is 4.45. The molecule has 1 fully saturated rings. The van der Waals surface area contributed by atoms with Gasteiger partial charge < -0.3 is 10.6 Å². The van der Waals surface area contributed by atoms with Gasteiger partial charge in [0.05, 0.1) is 0 Å². The van der Waals surface area contributed by atoms with E-state index in [-0.39, 0.29) is 24.9 Å². The van der Waals surface area contributed by atoms with Crippen LogP contribution in [0.4, 0.5) is 8.78 Å². The van der Waals surface area contributed by atoms with E-state index in [0.717, 1.165) is 12.8 Å². The second-order valence-electron chi connectivity index (χ2n) is 3.16. The number of nitrogens with one attached hydrogen (secondary N) is 2. The molecule has 1 saturated carbocycles.